The zero-order valence-corrected chi connectivity index (χ0v) is 7.13. The number of carbonyl (C=O) groups is 1. The van der Waals surface area contributed by atoms with Gasteiger partial charge in [-0.25, -0.2) is 0 Å². The second-order valence-corrected chi connectivity index (χ2v) is 3.67. The van der Waals surface area contributed by atoms with Crippen molar-refractivity contribution in [2.45, 2.75) is 37.2 Å². The number of amides is 1. The fourth-order valence-electron chi connectivity index (χ4n) is 2.17. The van der Waals surface area contributed by atoms with Gasteiger partial charge >= 0.3 is 0 Å². The van der Waals surface area contributed by atoms with Crippen molar-refractivity contribution in [3.05, 3.63) is 0 Å². The molecule has 0 spiro atoms. The highest BCUT2D eigenvalue weighted by atomic mass is 16.4. The highest BCUT2D eigenvalue weighted by Crippen LogP contribution is 2.28. The molecular formula is C8H13NO4. The normalized spacial score (nSPS) is 45.2. The second kappa shape index (κ2) is 2.94. The van der Waals surface area contributed by atoms with Crippen LogP contribution in [-0.2, 0) is 4.79 Å². The van der Waals surface area contributed by atoms with Crippen molar-refractivity contribution in [1.82, 2.24) is 4.90 Å². The summed E-state index contributed by atoms with van der Waals surface area (Å²) in [6, 6.07) is -0.601. The molecule has 2 aliphatic heterocycles. The van der Waals surface area contributed by atoms with Crippen LogP contribution in [0, 0.1) is 0 Å². The Balaban J connectivity index is 2.24. The van der Waals surface area contributed by atoms with Gasteiger partial charge in [-0.05, 0) is 12.8 Å². The zero-order chi connectivity index (χ0) is 9.59. The van der Waals surface area contributed by atoms with Gasteiger partial charge in [0.15, 0.2) is 6.10 Å². The first-order chi connectivity index (χ1) is 6.13. The predicted octanol–water partition coefficient (Wildman–Crippen LogP) is -1.93. The third-order valence-corrected chi connectivity index (χ3v) is 2.86. The summed E-state index contributed by atoms with van der Waals surface area (Å²) in [5.74, 6) is -0.462. The van der Waals surface area contributed by atoms with Gasteiger partial charge in [-0.2, -0.15) is 0 Å². The topological polar surface area (TPSA) is 81.0 Å². The molecule has 2 aliphatic rings. The average Bonchev–Trinajstić information content (AvgIpc) is 2.33. The number of aliphatic hydroxyl groups is 3. The highest BCUT2D eigenvalue weighted by Gasteiger charge is 2.50. The lowest BCUT2D eigenvalue weighted by atomic mass is 9.97. The molecule has 2 fully saturated rings. The van der Waals surface area contributed by atoms with E-state index < -0.39 is 30.3 Å². The lowest BCUT2D eigenvalue weighted by Gasteiger charge is -2.34. The molecule has 1 unspecified atom stereocenters. The third-order valence-electron chi connectivity index (χ3n) is 2.86. The number of aliphatic hydroxyl groups excluding tert-OH is 3. The maximum Gasteiger partial charge on any atom is 0.254 e. The van der Waals surface area contributed by atoms with Gasteiger partial charge in [-0.3, -0.25) is 4.79 Å². The predicted molar refractivity (Wildman–Crippen MR) is 42.8 cm³/mol. The average molecular weight is 187 g/mol. The van der Waals surface area contributed by atoms with E-state index in [9.17, 15) is 20.1 Å². The Labute approximate surface area is 75.6 Å². The molecule has 0 saturated carbocycles. The fraction of sp³-hybridized carbons (Fsp3) is 0.875. The van der Waals surface area contributed by atoms with Gasteiger partial charge in [0.25, 0.3) is 5.91 Å². The molecule has 0 aromatic rings. The molecule has 0 aromatic carbocycles. The Hall–Kier alpha value is -0.650. The van der Waals surface area contributed by atoms with Crippen molar-refractivity contribution in [2.24, 2.45) is 0 Å². The number of carbonyl (C=O) groups excluding carboxylic acids is 1. The van der Waals surface area contributed by atoms with Crippen molar-refractivity contribution < 1.29 is 20.1 Å². The molecule has 5 nitrogen and oxygen atoms in total. The molecule has 0 radical (unpaired) electrons. The standard InChI is InChI=1S/C8H13NO4/c10-4-2-1-3-9-5(4)6(11)7(12)8(9)13/h4-7,10-12H,1-3H2/t4-,5+,6+,7?/m0/s1. The molecule has 1 amide bonds. The van der Waals surface area contributed by atoms with E-state index in [1.54, 1.807) is 0 Å². The number of piperidine rings is 1. The summed E-state index contributed by atoms with van der Waals surface area (Å²) in [5, 5.41) is 28.2. The fourth-order valence-corrected chi connectivity index (χ4v) is 2.17. The van der Waals surface area contributed by atoms with E-state index >= 15 is 0 Å². The van der Waals surface area contributed by atoms with Crippen LogP contribution in [0.1, 0.15) is 12.8 Å². The molecule has 74 valence electrons. The molecule has 13 heavy (non-hydrogen) atoms. The van der Waals surface area contributed by atoms with Crippen LogP contribution in [0.5, 0.6) is 0 Å². The Morgan fingerprint density at radius 3 is 2.62 bits per heavy atom. The molecule has 2 heterocycles. The maximum atomic E-state index is 11.3. The maximum absolute atomic E-state index is 11.3. The lowest BCUT2D eigenvalue weighted by molar-refractivity contribution is -0.137. The van der Waals surface area contributed by atoms with Crippen LogP contribution in [0.4, 0.5) is 0 Å². The van der Waals surface area contributed by atoms with Crippen LogP contribution in [-0.4, -0.2) is 57.0 Å². The van der Waals surface area contributed by atoms with E-state index in [4.69, 9.17) is 0 Å². The molecule has 2 rings (SSSR count). The zero-order valence-electron chi connectivity index (χ0n) is 7.13. The van der Waals surface area contributed by atoms with Crippen LogP contribution in [0.2, 0.25) is 0 Å². The summed E-state index contributed by atoms with van der Waals surface area (Å²) < 4.78 is 0. The number of fused-ring (bicyclic) bond motifs is 1. The quantitative estimate of drug-likeness (QED) is 0.412. The summed E-state index contributed by atoms with van der Waals surface area (Å²) in [6.07, 6.45) is -1.88. The van der Waals surface area contributed by atoms with Crippen LogP contribution >= 0.6 is 0 Å². The van der Waals surface area contributed by atoms with Crippen molar-refractivity contribution in [1.29, 1.82) is 0 Å². The molecule has 0 aromatic heterocycles. The number of rotatable bonds is 0. The Morgan fingerprint density at radius 1 is 1.31 bits per heavy atom. The van der Waals surface area contributed by atoms with E-state index in [1.807, 2.05) is 0 Å². The first-order valence-corrected chi connectivity index (χ1v) is 4.47. The van der Waals surface area contributed by atoms with E-state index in [0.717, 1.165) is 6.42 Å². The molecular weight excluding hydrogens is 174 g/mol. The summed E-state index contributed by atoms with van der Waals surface area (Å²) in [5.41, 5.74) is 0. The van der Waals surface area contributed by atoms with E-state index in [1.165, 1.54) is 4.90 Å². The lowest BCUT2D eigenvalue weighted by Crippen LogP contribution is -2.49. The monoisotopic (exact) mass is 187 g/mol. The Morgan fingerprint density at radius 2 is 2.00 bits per heavy atom. The number of nitrogens with zero attached hydrogens (tertiary/aromatic N) is 1. The van der Waals surface area contributed by atoms with Gasteiger partial charge < -0.3 is 20.2 Å². The minimum Gasteiger partial charge on any atom is -0.391 e. The van der Waals surface area contributed by atoms with Gasteiger partial charge in [0.05, 0.1) is 12.1 Å². The first-order valence-electron chi connectivity index (χ1n) is 4.47. The third kappa shape index (κ3) is 1.15. The Kier molecular flexibility index (Phi) is 2.02. The summed E-state index contributed by atoms with van der Waals surface area (Å²) in [6.45, 7) is 0.522. The molecule has 0 aliphatic carbocycles. The molecule has 4 atom stereocenters. The second-order valence-electron chi connectivity index (χ2n) is 3.67. The summed E-state index contributed by atoms with van der Waals surface area (Å²) in [4.78, 5) is 12.7. The molecule has 5 heteroatoms. The SMILES string of the molecule is O=C1C(O)[C@H](O)[C@H]2[C@@H](O)CCCN12. The van der Waals surface area contributed by atoms with Gasteiger partial charge in [-0.1, -0.05) is 0 Å². The molecule has 3 N–H and O–H groups in total. The molecule has 0 bridgehead atoms. The first kappa shape index (κ1) is 8.93. The Bertz CT molecular complexity index is 232. The van der Waals surface area contributed by atoms with Crippen LogP contribution in [0.25, 0.3) is 0 Å². The summed E-state index contributed by atoms with van der Waals surface area (Å²) in [7, 11) is 0. The number of hydrogen-bond donors (Lipinski definition) is 3. The minimum absolute atomic E-state index is 0.462. The van der Waals surface area contributed by atoms with Crippen LogP contribution < -0.4 is 0 Å². The smallest absolute Gasteiger partial charge is 0.254 e. The number of hydrogen-bond acceptors (Lipinski definition) is 4. The summed E-state index contributed by atoms with van der Waals surface area (Å²) >= 11 is 0. The van der Waals surface area contributed by atoms with Crippen molar-refractivity contribution in [2.75, 3.05) is 6.54 Å². The molecule has 2 saturated heterocycles. The van der Waals surface area contributed by atoms with Crippen LogP contribution in [0.3, 0.4) is 0 Å². The van der Waals surface area contributed by atoms with E-state index in [2.05, 4.69) is 0 Å². The van der Waals surface area contributed by atoms with Crippen LogP contribution in [0.15, 0.2) is 0 Å². The minimum atomic E-state index is -1.35. The van der Waals surface area contributed by atoms with E-state index in [-0.39, 0.29) is 0 Å². The van der Waals surface area contributed by atoms with Gasteiger partial charge in [0, 0.05) is 6.54 Å². The van der Waals surface area contributed by atoms with Crippen molar-refractivity contribution in [3.63, 3.8) is 0 Å². The van der Waals surface area contributed by atoms with Gasteiger partial charge in [0.1, 0.15) is 6.10 Å². The van der Waals surface area contributed by atoms with E-state index in [0.29, 0.717) is 13.0 Å². The largest absolute Gasteiger partial charge is 0.391 e. The van der Waals surface area contributed by atoms with Gasteiger partial charge in [0.2, 0.25) is 0 Å². The highest BCUT2D eigenvalue weighted by molar-refractivity contribution is 5.84. The van der Waals surface area contributed by atoms with Gasteiger partial charge in [-0.15, -0.1) is 0 Å². The van der Waals surface area contributed by atoms with Crippen molar-refractivity contribution >= 4 is 5.91 Å². The van der Waals surface area contributed by atoms with Crippen molar-refractivity contribution in [3.8, 4) is 0 Å².